The van der Waals surface area contributed by atoms with Crippen LogP contribution in [0.5, 0.6) is 0 Å². The highest BCUT2D eigenvalue weighted by molar-refractivity contribution is 5.74. The van der Waals surface area contributed by atoms with Gasteiger partial charge in [0.25, 0.3) is 0 Å². The van der Waals surface area contributed by atoms with Crippen LogP contribution < -0.4 is 10.6 Å². The zero-order chi connectivity index (χ0) is 14.1. The van der Waals surface area contributed by atoms with E-state index in [1.54, 1.807) is 0 Å². The second-order valence-corrected chi connectivity index (χ2v) is 5.85. The van der Waals surface area contributed by atoms with Gasteiger partial charge in [-0.1, -0.05) is 26.7 Å². The van der Waals surface area contributed by atoms with E-state index < -0.39 is 5.54 Å². The number of ether oxygens (including phenoxy) is 1. The summed E-state index contributed by atoms with van der Waals surface area (Å²) in [6.07, 6.45) is 4.70. The molecule has 0 spiro atoms. The van der Waals surface area contributed by atoms with Crippen molar-refractivity contribution in [3.63, 3.8) is 0 Å². The first-order valence-electron chi connectivity index (χ1n) is 7.32. The molecule has 1 fully saturated rings. The summed E-state index contributed by atoms with van der Waals surface area (Å²) in [4.78, 5) is 11.7. The lowest BCUT2D eigenvalue weighted by atomic mass is 9.99. The smallest absolute Gasteiger partial charge is 0.315 e. The van der Waals surface area contributed by atoms with Gasteiger partial charge in [0.15, 0.2) is 0 Å². The van der Waals surface area contributed by atoms with Crippen molar-refractivity contribution in [3.05, 3.63) is 0 Å². The van der Waals surface area contributed by atoms with Crippen molar-refractivity contribution >= 4 is 6.03 Å². The second-order valence-electron chi connectivity index (χ2n) is 5.85. The molecule has 1 aliphatic carbocycles. The Hall–Kier alpha value is -0.810. The van der Waals surface area contributed by atoms with Crippen LogP contribution in [0.2, 0.25) is 0 Å². The monoisotopic (exact) mass is 272 g/mol. The molecule has 2 amide bonds. The van der Waals surface area contributed by atoms with Gasteiger partial charge in [0.1, 0.15) is 0 Å². The Labute approximate surface area is 116 Å². The fourth-order valence-corrected chi connectivity index (χ4v) is 2.35. The van der Waals surface area contributed by atoms with Crippen molar-refractivity contribution in [1.82, 2.24) is 10.6 Å². The molecule has 0 radical (unpaired) electrons. The number of carbonyl (C=O) groups is 1. The van der Waals surface area contributed by atoms with E-state index in [1.165, 1.54) is 0 Å². The van der Waals surface area contributed by atoms with Gasteiger partial charge >= 0.3 is 6.03 Å². The lowest BCUT2D eigenvalue weighted by molar-refractivity contribution is 0.108. The van der Waals surface area contributed by atoms with E-state index in [1.807, 2.05) is 0 Å². The highest BCUT2D eigenvalue weighted by Crippen LogP contribution is 2.28. The maximum absolute atomic E-state index is 11.7. The normalized spacial score (nSPS) is 17.7. The van der Waals surface area contributed by atoms with E-state index in [0.29, 0.717) is 19.1 Å². The molecule has 0 saturated heterocycles. The molecule has 5 heteroatoms. The van der Waals surface area contributed by atoms with Crippen molar-refractivity contribution in [2.24, 2.45) is 5.92 Å². The summed E-state index contributed by atoms with van der Waals surface area (Å²) in [6.45, 7) is 6.29. The maximum Gasteiger partial charge on any atom is 0.315 e. The molecule has 0 unspecified atom stereocenters. The van der Waals surface area contributed by atoms with Crippen molar-refractivity contribution in [2.45, 2.75) is 51.5 Å². The molecular formula is C14H28N2O3. The summed E-state index contributed by atoms with van der Waals surface area (Å²) >= 11 is 0. The summed E-state index contributed by atoms with van der Waals surface area (Å²) in [5, 5.41) is 15.1. The molecule has 3 N–H and O–H groups in total. The number of hydrogen-bond donors (Lipinski definition) is 3. The first-order valence-corrected chi connectivity index (χ1v) is 7.32. The highest BCUT2D eigenvalue weighted by atomic mass is 16.5. The van der Waals surface area contributed by atoms with Gasteiger partial charge < -0.3 is 20.5 Å². The number of urea groups is 1. The summed E-state index contributed by atoms with van der Waals surface area (Å²) in [7, 11) is 0. The standard InChI is InChI=1S/C14H28N2O3/c1-12(2)10-19-9-5-8-15-13(18)16-14(11-17)6-3-4-7-14/h12,17H,3-11H2,1-2H3,(H2,15,16,18). The van der Waals surface area contributed by atoms with E-state index in [-0.39, 0.29) is 12.6 Å². The predicted octanol–water partition coefficient (Wildman–Crippen LogP) is 1.65. The lowest BCUT2D eigenvalue weighted by Gasteiger charge is -2.27. The Morgan fingerprint density at radius 1 is 1.37 bits per heavy atom. The Bertz CT molecular complexity index is 263. The second kappa shape index (κ2) is 8.38. The molecule has 19 heavy (non-hydrogen) atoms. The van der Waals surface area contributed by atoms with Crippen LogP contribution in [0.4, 0.5) is 4.79 Å². The van der Waals surface area contributed by atoms with Crippen LogP contribution >= 0.6 is 0 Å². The minimum atomic E-state index is -0.391. The molecule has 1 saturated carbocycles. The lowest BCUT2D eigenvalue weighted by Crippen LogP contribution is -2.53. The molecule has 0 aliphatic heterocycles. The molecule has 0 heterocycles. The molecule has 5 nitrogen and oxygen atoms in total. The summed E-state index contributed by atoms with van der Waals surface area (Å²) in [5.41, 5.74) is -0.391. The first kappa shape index (κ1) is 16.2. The van der Waals surface area contributed by atoms with E-state index in [0.717, 1.165) is 38.7 Å². The highest BCUT2D eigenvalue weighted by Gasteiger charge is 2.34. The van der Waals surface area contributed by atoms with Gasteiger partial charge in [-0.15, -0.1) is 0 Å². The number of carbonyl (C=O) groups excluding carboxylic acids is 1. The van der Waals surface area contributed by atoms with Gasteiger partial charge in [0.2, 0.25) is 0 Å². The van der Waals surface area contributed by atoms with Crippen LogP contribution in [-0.2, 0) is 4.74 Å². The Morgan fingerprint density at radius 2 is 2.05 bits per heavy atom. The molecule has 0 bridgehead atoms. The zero-order valence-corrected chi connectivity index (χ0v) is 12.2. The fraction of sp³-hybridized carbons (Fsp3) is 0.929. The van der Waals surface area contributed by atoms with Gasteiger partial charge in [-0.25, -0.2) is 4.79 Å². The molecule has 0 atom stereocenters. The van der Waals surface area contributed by atoms with Gasteiger partial charge in [-0.3, -0.25) is 0 Å². The van der Waals surface area contributed by atoms with Crippen molar-refractivity contribution in [1.29, 1.82) is 0 Å². The van der Waals surface area contributed by atoms with E-state index in [2.05, 4.69) is 24.5 Å². The summed E-state index contributed by atoms with van der Waals surface area (Å²) < 4.78 is 5.44. The van der Waals surface area contributed by atoms with Crippen molar-refractivity contribution < 1.29 is 14.6 Å². The largest absolute Gasteiger partial charge is 0.394 e. The number of hydrogen-bond acceptors (Lipinski definition) is 3. The quantitative estimate of drug-likeness (QED) is 0.588. The van der Waals surface area contributed by atoms with Crippen LogP contribution in [0.15, 0.2) is 0 Å². The number of nitrogens with one attached hydrogen (secondary N) is 2. The molecule has 0 aromatic heterocycles. The minimum Gasteiger partial charge on any atom is -0.394 e. The van der Waals surface area contributed by atoms with Crippen molar-refractivity contribution in [3.8, 4) is 0 Å². The van der Waals surface area contributed by atoms with Crippen LogP contribution in [0.3, 0.4) is 0 Å². The summed E-state index contributed by atoms with van der Waals surface area (Å²) in [5.74, 6) is 0.544. The third-order valence-corrected chi connectivity index (χ3v) is 3.44. The molecular weight excluding hydrogens is 244 g/mol. The average molecular weight is 272 g/mol. The predicted molar refractivity (Wildman–Crippen MR) is 75.1 cm³/mol. The maximum atomic E-state index is 11.7. The molecule has 112 valence electrons. The Balaban J connectivity index is 2.07. The topological polar surface area (TPSA) is 70.6 Å². The Morgan fingerprint density at radius 3 is 2.63 bits per heavy atom. The van der Waals surface area contributed by atoms with Gasteiger partial charge in [-0.05, 0) is 25.2 Å². The van der Waals surface area contributed by atoms with Crippen LogP contribution in [-0.4, -0.2) is 43.0 Å². The summed E-state index contributed by atoms with van der Waals surface area (Å²) in [6, 6.07) is -0.181. The van der Waals surface area contributed by atoms with Gasteiger partial charge in [0.05, 0.1) is 12.1 Å². The third-order valence-electron chi connectivity index (χ3n) is 3.44. The Kier molecular flexibility index (Phi) is 7.16. The minimum absolute atomic E-state index is 0.0257. The molecule has 0 aromatic rings. The average Bonchev–Trinajstić information content (AvgIpc) is 2.82. The van der Waals surface area contributed by atoms with E-state index in [9.17, 15) is 9.90 Å². The van der Waals surface area contributed by atoms with Crippen LogP contribution in [0.25, 0.3) is 0 Å². The van der Waals surface area contributed by atoms with E-state index >= 15 is 0 Å². The fourth-order valence-electron chi connectivity index (χ4n) is 2.35. The number of aliphatic hydroxyl groups is 1. The van der Waals surface area contributed by atoms with Crippen LogP contribution in [0.1, 0.15) is 46.0 Å². The number of aliphatic hydroxyl groups excluding tert-OH is 1. The SMILES string of the molecule is CC(C)COCCCNC(=O)NC1(CO)CCCC1. The molecule has 1 aliphatic rings. The third kappa shape index (κ3) is 6.25. The number of rotatable bonds is 8. The first-order chi connectivity index (χ1) is 9.08. The zero-order valence-electron chi connectivity index (χ0n) is 12.2. The van der Waals surface area contributed by atoms with Crippen LogP contribution in [0, 0.1) is 5.92 Å². The molecule has 1 rings (SSSR count). The number of amides is 2. The molecule has 0 aromatic carbocycles. The van der Waals surface area contributed by atoms with Crippen molar-refractivity contribution in [2.75, 3.05) is 26.4 Å². The van der Waals surface area contributed by atoms with Gasteiger partial charge in [-0.2, -0.15) is 0 Å². The van der Waals surface area contributed by atoms with Gasteiger partial charge in [0, 0.05) is 19.8 Å². The van der Waals surface area contributed by atoms with E-state index in [4.69, 9.17) is 4.74 Å².